The summed E-state index contributed by atoms with van der Waals surface area (Å²) in [7, 11) is 0. The van der Waals surface area contributed by atoms with Gasteiger partial charge < -0.3 is 5.11 Å². The Bertz CT molecular complexity index is 679. The Morgan fingerprint density at radius 2 is 1.63 bits per heavy atom. The predicted octanol–water partition coefficient (Wildman–Crippen LogP) is 3.51. The highest BCUT2D eigenvalue weighted by Gasteiger charge is 2.08. The minimum atomic E-state index is -0.482. The van der Waals surface area contributed by atoms with Gasteiger partial charge in [-0.05, 0) is 34.0 Å². The van der Waals surface area contributed by atoms with Gasteiger partial charge >= 0.3 is 0 Å². The number of hydrogen-bond acceptors (Lipinski definition) is 2. The highest BCUT2D eigenvalue weighted by Crippen LogP contribution is 2.21. The predicted molar refractivity (Wildman–Crippen MR) is 76.8 cm³/mol. The fourth-order valence-electron chi connectivity index (χ4n) is 2.29. The lowest BCUT2D eigenvalue weighted by molar-refractivity contribution is 0.178. The quantitative estimate of drug-likeness (QED) is 0.770. The summed E-state index contributed by atoms with van der Waals surface area (Å²) < 4.78 is 0. The minimum Gasteiger partial charge on any atom is -0.388 e. The van der Waals surface area contributed by atoms with Gasteiger partial charge in [0.2, 0.25) is 0 Å². The SMILES string of the molecule is OC(Cc1ccc2ccccc2c1)c1ccncc1. The van der Waals surface area contributed by atoms with Crippen molar-refractivity contribution in [3.8, 4) is 0 Å². The molecule has 3 aromatic rings. The van der Waals surface area contributed by atoms with Crippen molar-refractivity contribution in [3.05, 3.63) is 78.1 Å². The summed E-state index contributed by atoms with van der Waals surface area (Å²) in [6, 6.07) is 18.3. The molecule has 0 saturated heterocycles. The van der Waals surface area contributed by atoms with Crippen molar-refractivity contribution < 1.29 is 5.11 Å². The van der Waals surface area contributed by atoms with Crippen LogP contribution in [0.4, 0.5) is 0 Å². The van der Waals surface area contributed by atoms with Crippen molar-refractivity contribution in [3.63, 3.8) is 0 Å². The zero-order chi connectivity index (χ0) is 13.1. The molecule has 0 aliphatic rings. The first-order valence-corrected chi connectivity index (χ1v) is 6.38. The van der Waals surface area contributed by atoms with E-state index in [1.807, 2.05) is 24.3 Å². The summed E-state index contributed by atoms with van der Waals surface area (Å²) in [6.07, 6.45) is 3.55. The van der Waals surface area contributed by atoms with Crippen LogP contribution < -0.4 is 0 Å². The van der Waals surface area contributed by atoms with Gasteiger partial charge in [-0.3, -0.25) is 4.98 Å². The molecule has 0 amide bonds. The van der Waals surface area contributed by atoms with Crippen molar-refractivity contribution in [1.82, 2.24) is 4.98 Å². The maximum atomic E-state index is 10.2. The second-order valence-corrected chi connectivity index (χ2v) is 4.68. The Labute approximate surface area is 112 Å². The minimum absolute atomic E-state index is 0.482. The van der Waals surface area contributed by atoms with Crippen molar-refractivity contribution >= 4 is 10.8 Å². The third-order valence-corrected chi connectivity index (χ3v) is 3.33. The van der Waals surface area contributed by atoms with Crippen molar-refractivity contribution in [2.75, 3.05) is 0 Å². The summed E-state index contributed by atoms with van der Waals surface area (Å²) in [5, 5.41) is 12.7. The average molecular weight is 249 g/mol. The molecule has 2 aromatic carbocycles. The molecule has 0 aliphatic heterocycles. The van der Waals surface area contributed by atoms with Crippen LogP contribution in [0, 0.1) is 0 Å². The maximum Gasteiger partial charge on any atom is 0.0831 e. The normalized spacial score (nSPS) is 12.5. The first-order valence-electron chi connectivity index (χ1n) is 6.38. The summed E-state index contributed by atoms with van der Waals surface area (Å²) in [5.41, 5.74) is 2.05. The average Bonchev–Trinajstić information content (AvgIpc) is 2.48. The Hall–Kier alpha value is -2.19. The molecule has 0 radical (unpaired) electrons. The number of hydrogen-bond donors (Lipinski definition) is 1. The largest absolute Gasteiger partial charge is 0.388 e. The van der Waals surface area contributed by atoms with Gasteiger partial charge in [-0.2, -0.15) is 0 Å². The smallest absolute Gasteiger partial charge is 0.0831 e. The number of benzene rings is 2. The summed E-state index contributed by atoms with van der Waals surface area (Å²) in [5.74, 6) is 0. The number of aromatic nitrogens is 1. The molecule has 0 fully saturated rings. The number of fused-ring (bicyclic) bond motifs is 1. The third-order valence-electron chi connectivity index (χ3n) is 3.33. The molecule has 2 heteroatoms. The van der Waals surface area contributed by atoms with E-state index in [-0.39, 0.29) is 0 Å². The number of aliphatic hydroxyl groups excluding tert-OH is 1. The number of rotatable bonds is 3. The maximum absolute atomic E-state index is 10.2. The summed E-state index contributed by atoms with van der Waals surface area (Å²) in [6.45, 7) is 0. The molecule has 19 heavy (non-hydrogen) atoms. The van der Waals surface area contributed by atoms with E-state index in [1.165, 1.54) is 10.8 Å². The van der Waals surface area contributed by atoms with Gasteiger partial charge in [0.05, 0.1) is 6.10 Å². The van der Waals surface area contributed by atoms with Crippen LogP contribution in [0.5, 0.6) is 0 Å². The van der Waals surface area contributed by atoms with Crippen molar-refractivity contribution in [2.45, 2.75) is 12.5 Å². The second-order valence-electron chi connectivity index (χ2n) is 4.68. The highest BCUT2D eigenvalue weighted by atomic mass is 16.3. The van der Waals surface area contributed by atoms with Gasteiger partial charge in [0, 0.05) is 18.8 Å². The van der Waals surface area contributed by atoms with Crippen LogP contribution in [0.2, 0.25) is 0 Å². The van der Waals surface area contributed by atoms with Crippen LogP contribution in [-0.2, 0) is 6.42 Å². The lowest BCUT2D eigenvalue weighted by atomic mass is 10.00. The molecule has 0 bridgehead atoms. The zero-order valence-corrected chi connectivity index (χ0v) is 10.5. The Morgan fingerprint density at radius 3 is 2.42 bits per heavy atom. The van der Waals surface area contributed by atoms with E-state index in [0.29, 0.717) is 6.42 Å². The highest BCUT2D eigenvalue weighted by molar-refractivity contribution is 5.82. The topological polar surface area (TPSA) is 33.1 Å². The molecular formula is C17H15NO. The Kier molecular flexibility index (Phi) is 3.25. The Balaban J connectivity index is 1.85. The van der Waals surface area contributed by atoms with Crippen LogP contribution in [0.25, 0.3) is 10.8 Å². The zero-order valence-electron chi connectivity index (χ0n) is 10.5. The lowest BCUT2D eigenvalue weighted by Gasteiger charge is -2.11. The van der Waals surface area contributed by atoms with Crippen molar-refractivity contribution in [2.24, 2.45) is 0 Å². The van der Waals surface area contributed by atoms with E-state index in [2.05, 4.69) is 35.3 Å². The van der Waals surface area contributed by atoms with Crippen LogP contribution in [0.1, 0.15) is 17.2 Å². The van der Waals surface area contributed by atoms with Crippen LogP contribution in [-0.4, -0.2) is 10.1 Å². The van der Waals surface area contributed by atoms with E-state index in [1.54, 1.807) is 12.4 Å². The van der Waals surface area contributed by atoms with Gasteiger partial charge in [0.1, 0.15) is 0 Å². The number of aliphatic hydroxyl groups is 1. The van der Waals surface area contributed by atoms with Gasteiger partial charge in [-0.1, -0.05) is 42.5 Å². The van der Waals surface area contributed by atoms with E-state index >= 15 is 0 Å². The lowest BCUT2D eigenvalue weighted by Crippen LogP contribution is -2.01. The fraction of sp³-hybridized carbons (Fsp3) is 0.118. The van der Waals surface area contributed by atoms with Gasteiger partial charge in [0.25, 0.3) is 0 Å². The molecule has 0 saturated carbocycles. The molecule has 0 aliphatic carbocycles. The van der Waals surface area contributed by atoms with Crippen LogP contribution in [0.3, 0.4) is 0 Å². The van der Waals surface area contributed by atoms with E-state index in [9.17, 15) is 5.11 Å². The molecular weight excluding hydrogens is 234 g/mol. The van der Waals surface area contributed by atoms with Gasteiger partial charge in [-0.25, -0.2) is 0 Å². The second kappa shape index (κ2) is 5.21. The monoisotopic (exact) mass is 249 g/mol. The molecule has 1 aromatic heterocycles. The molecule has 1 unspecified atom stereocenters. The molecule has 94 valence electrons. The first kappa shape index (κ1) is 11.9. The summed E-state index contributed by atoms with van der Waals surface area (Å²) in [4.78, 5) is 3.96. The molecule has 3 rings (SSSR count). The first-order chi connectivity index (χ1) is 9.33. The van der Waals surface area contributed by atoms with E-state index in [0.717, 1.165) is 11.1 Å². The standard InChI is InChI=1S/C17H15NO/c19-17(15-7-9-18-10-8-15)12-13-5-6-14-3-1-2-4-16(14)11-13/h1-11,17,19H,12H2. The Morgan fingerprint density at radius 1 is 0.895 bits per heavy atom. The molecule has 0 spiro atoms. The summed E-state index contributed by atoms with van der Waals surface area (Å²) >= 11 is 0. The fourth-order valence-corrected chi connectivity index (χ4v) is 2.29. The third kappa shape index (κ3) is 2.64. The number of nitrogens with zero attached hydrogens (tertiary/aromatic N) is 1. The van der Waals surface area contributed by atoms with E-state index in [4.69, 9.17) is 0 Å². The number of pyridine rings is 1. The molecule has 1 atom stereocenters. The van der Waals surface area contributed by atoms with Crippen molar-refractivity contribution in [1.29, 1.82) is 0 Å². The van der Waals surface area contributed by atoms with Gasteiger partial charge in [-0.15, -0.1) is 0 Å². The van der Waals surface area contributed by atoms with Crippen LogP contribution >= 0.6 is 0 Å². The van der Waals surface area contributed by atoms with Crippen LogP contribution in [0.15, 0.2) is 67.0 Å². The molecule has 2 nitrogen and oxygen atoms in total. The molecule has 1 N–H and O–H groups in total. The molecule has 1 heterocycles. The van der Waals surface area contributed by atoms with Gasteiger partial charge in [0.15, 0.2) is 0 Å². The van der Waals surface area contributed by atoms with E-state index < -0.39 is 6.10 Å².